The van der Waals surface area contributed by atoms with Gasteiger partial charge in [0.25, 0.3) is 0 Å². The molecule has 0 amide bonds. The Kier molecular flexibility index (Phi) is 4.94. The van der Waals surface area contributed by atoms with Gasteiger partial charge in [0.15, 0.2) is 0 Å². The number of rotatable bonds is 4. The molecule has 2 nitrogen and oxygen atoms in total. The highest BCUT2D eigenvalue weighted by Gasteiger charge is 2.30. The van der Waals surface area contributed by atoms with Crippen molar-refractivity contribution in [2.45, 2.75) is 32.7 Å². The van der Waals surface area contributed by atoms with Crippen LogP contribution in [0.3, 0.4) is 0 Å². The number of hydrogen-bond donors (Lipinski definition) is 1. The van der Waals surface area contributed by atoms with Gasteiger partial charge in [0, 0.05) is 18.2 Å². The van der Waals surface area contributed by atoms with E-state index in [0.717, 1.165) is 38.0 Å². The molecule has 3 heteroatoms. The topological polar surface area (TPSA) is 29.3 Å². The van der Waals surface area contributed by atoms with Crippen molar-refractivity contribution in [3.05, 3.63) is 35.6 Å². The molecule has 2 N–H and O–H groups in total. The molecule has 0 spiro atoms. The second-order valence-corrected chi connectivity index (χ2v) is 5.70. The number of piperidine rings is 1. The Morgan fingerprint density at radius 2 is 2.16 bits per heavy atom. The molecule has 19 heavy (non-hydrogen) atoms. The van der Waals surface area contributed by atoms with Gasteiger partial charge >= 0.3 is 0 Å². The predicted molar refractivity (Wildman–Crippen MR) is 77.3 cm³/mol. The van der Waals surface area contributed by atoms with Gasteiger partial charge in [0.2, 0.25) is 0 Å². The van der Waals surface area contributed by atoms with Crippen molar-refractivity contribution >= 4 is 0 Å². The molecule has 3 atom stereocenters. The van der Waals surface area contributed by atoms with Crippen molar-refractivity contribution in [3.63, 3.8) is 0 Å². The monoisotopic (exact) mass is 264 g/mol. The normalized spacial score (nSPS) is 26.3. The van der Waals surface area contributed by atoms with E-state index in [4.69, 9.17) is 5.73 Å². The van der Waals surface area contributed by atoms with Crippen molar-refractivity contribution in [3.8, 4) is 0 Å². The summed E-state index contributed by atoms with van der Waals surface area (Å²) in [5.41, 5.74) is 6.69. The van der Waals surface area contributed by atoms with Gasteiger partial charge in [-0.1, -0.05) is 32.0 Å². The minimum atomic E-state index is -0.0859. The summed E-state index contributed by atoms with van der Waals surface area (Å²) in [6.45, 7) is 7.17. The first-order chi connectivity index (χ1) is 9.17. The van der Waals surface area contributed by atoms with Crippen LogP contribution in [0, 0.1) is 17.7 Å². The van der Waals surface area contributed by atoms with Crippen LogP contribution in [0.1, 0.15) is 38.3 Å². The fraction of sp³-hybridized carbons (Fsp3) is 0.625. The molecule has 0 aromatic heterocycles. The molecule has 1 saturated heterocycles. The van der Waals surface area contributed by atoms with E-state index >= 15 is 0 Å². The molecule has 1 aliphatic rings. The lowest BCUT2D eigenvalue weighted by Crippen LogP contribution is -2.44. The number of benzene rings is 1. The lowest BCUT2D eigenvalue weighted by Gasteiger charge is -2.41. The maximum atomic E-state index is 14.0. The standard InChI is InChI=1S/C16H25FN2/c1-3-16(14-6-4-5-7-15(14)17)19-9-8-12(2)13(10-18)11-19/h4-7,12-13,16H,3,8-11,18H2,1-2H3. The molecule has 1 fully saturated rings. The molecule has 2 rings (SSSR count). The Morgan fingerprint density at radius 3 is 2.79 bits per heavy atom. The molecule has 3 unspecified atom stereocenters. The van der Waals surface area contributed by atoms with E-state index in [-0.39, 0.29) is 11.9 Å². The van der Waals surface area contributed by atoms with Gasteiger partial charge < -0.3 is 5.73 Å². The molecule has 1 aromatic rings. The van der Waals surface area contributed by atoms with Gasteiger partial charge in [-0.05, 0) is 43.8 Å². The second kappa shape index (κ2) is 6.49. The van der Waals surface area contributed by atoms with Crippen LogP contribution in [0.2, 0.25) is 0 Å². The van der Waals surface area contributed by atoms with Crippen molar-refractivity contribution in [1.29, 1.82) is 0 Å². The van der Waals surface area contributed by atoms with Crippen LogP contribution < -0.4 is 5.73 Å². The van der Waals surface area contributed by atoms with Crippen molar-refractivity contribution in [1.82, 2.24) is 4.90 Å². The third-order valence-corrected chi connectivity index (χ3v) is 4.54. The van der Waals surface area contributed by atoms with Crippen LogP contribution in [0.25, 0.3) is 0 Å². The number of likely N-dealkylation sites (tertiary alicyclic amines) is 1. The van der Waals surface area contributed by atoms with Crippen LogP contribution in [0.4, 0.5) is 4.39 Å². The fourth-order valence-corrected chi connectivity index (χ4v) is 3.19. The van der Waals surface area contributed by atoms with E-state index < -0.39 is 0 Å². The van der Waals surface area contributed by atoms with Crippen molar-refractivity contribution in [2.75, 3.05) is 19.6 Å². The Morgan fingerprint density at radius 1 is 1.42 bits per heavy atom. The average Bonchev–Trinajstić information content (AvgIpc) is 2.43. The first-order valence-corrected chi connectivity index (χ1v) is 7.35. The molecule has 0 saturated carbocycles. The fourth-order valence-electron chi connectivity index (χ4n) is 3.19. The minimum absolute atomic E-state index is 0.0859. The first kappa shape index (κ1) is 14.5. The third kappa shape index (κ3) is 3.15. The van der Waals surface area contributed by atoms with E-state index in [1.807, 2.05) is 12.1 Å². The molecule has 0 aliphatic carbocycles. The second-order valence-electron chi connectivity index (χ2n) is 5.70. The summed E-state index contributed by atoms with van der Waals surface area (Å²) < 4.78 is 14.0. The zero-order valence-electron chi connectivity index (χ0n) is 12.0. The molecule has 0 radical (unpaired) electrons. The van der Waals surface area contributed by atoms with Gasteiger partial charge in [-0.3, -0.25) is 4.90 Å². The van der Waals surface area contributed by atoms with Crippen LogP contribution in [-0.4, -0.2) is 24.5 Å². The van der Waals surface area contributed by atoms with Crippen LogP contribution in [0.15, 0.2) is 24.3 Å². The highest BCUT2D eigenvalue weighted by Crippen LogP contribution is 2.32. The molecule has 1 aromatic carbocycles. The highest BCUT2D eigenvalue weighted by molar-refractivity contribution is 5.21. The van der Waals surface area contributed by atoms with E-state index in [1.54, 1.807) is 12.1 Å². The maximum Gasteiger partial charge on any atom is 0.127 e. The van der Waals surface area contributed by atoms with Gasteiger partial charge in [0.1, 0.15) is 5.82 Å². The summed E-state index contributed by atoms with van der Waals surface area (Å²) in [7, 11) is 0. The SMILES string of the molecule is CCC(c1ccccc1F)N1CCC(C)C(CN)C1. The Balaban J connectivity index is 2.16. The summed E-state index contributed by atoms with van der Waals surface area (Å²) in [4.78, 5) is 2.41. The van der Waals surface area contributed by atoms with E-state index in [9.17, 15) is 4.39 Å². The van der Waals surface area contributed by atoms with Crippen LogP contribution >= 0.6 is 0 Å². The zero-order valence-corrected chi connectivity index (χ0v) is 12.0. The summed E-state index contributed by atoms with van der Waals surface area (Å²) in [6, 6.07) is 7.34. The van der Waals surface area contributed by atoms with Gasteiger partial charge in [-0.2, -0.15) is 0 Å². The number of hydrogen-bond acceptors (Lipinski definition) is 2. The maximum absolute atomic E-state index is 14.0. The predicted octanol–water partition coefficient (Wildman–Crippen LogP) is 3.19. The lowest BCUT2D eigenvalue weighted by atomic mass is 9.85. The summed E-state index contributed by atoms with van der Waals surface area (Å²) in [5.74, 6) is 1.13. The quantitative estimate of drug-likeness (QED) is 0.905. The average molecular weight is 264 g/mol. The van der Waals surface area contributed by atoms with Gasteiger partial charge in [0.05, 0.1) is 0 Å². The Bertz CT molecular complexity index is 407. The van der Waals surface area contributed by atoms with Gasteiger partial charge in [-0.25, -0.2) is 4.39 Å². The molecular formula is C16H25FN2. The number of nitrogens with two attached hydrogens (primary N) is 1. The van der Waals surface area contributed by atoms with E-state index in [1.165, 1.54) is 0 Å². The third-order valence-electron chi connectivity index (χ3n) is 4.54. The molecule has 106 valence electrons. The smallest absolute Gasteiger partial charge is 0.127 e. The van der Waals surface area contributed by atoms with Crippen molar-refractivity contribution < 1.29 is 4.39 Å². The lowest BCUT2D eigenvalue weighted by molar-refractivity contribution is 0.0869. The summed E-state index contributed by atoms with van der Waals surface area (Å²) in [6.07, 6.45) is 2.10. The molecule has 0 bridgehead atoms. The van der Waals surface area contributed by atoms with Crippen LogP contribution in [0.5, 0.6) is 0 Å². The van der Waals surface area contributed by atoms with Gasteiger partial charge in [-0.15, -0.1) is 0 Å². The van der Waals surface area contributed by atoms with Crippen LogP contribution in [-0.2, 0) is 0 Å². The van der Waals surface area contributed by atoms with E-state index in [2.05, 4.69) is 18.7 Å². The Labute approximate surface area is 115 Å². The highest BCUT2D eigenvalue weighted by atomic mass is 19.1. The molecule has 1 heterocycles. The van der Waals surface area contributed by atoms with Crippen molar-refractivity contribution in [2.24, 2.45) is 17.6 Å². The number of halogens is 1. The summed E-state index contributed by atoms with van der Waals surface area (Å²) in [5, 5.41) is 0. The largest absolute Gasteiger partial charge is 0.330 e. The number of nitrogens with zero attached hydrogens (tertiary/aromatic N) is 1. The molecule has 1 aliphatic heterocycles. The molecular weight excluding hydrogens is 239 g/mol. The Hall–Kier alpha value is -0.930. The first-order valence-electron chi connectivity index (χ1n) is 7.35. The zero-order chi connectivity index (χ0) is 13.8. The summed E-state index contributed by atoms with van der Waals surface area (Å²) >= 11 is 0. The minimum Gasteiger partial charge on any atom is -0.330 e. The van der Waals surface area contributed by atoms with E-state index in [0.29, 0.717) is 11.8 Å².